The zero-order valence-electron chi connectivity index (χ0n) is 10.7. The molecule has 0 atom stereocenters. The Balaban J connectivity index is 2.16. The van der Waals surface area contributed by atoms with E-state index in [-0.39, 0.29) is 5.82 Å². The molecule has 0 radical (unpaired) electrons. The van der Waals surface area contributed by atoms with Crippen LogP contribution in [0.3, 0.4) is 0 Å². The highest BCUT2D eigenvalue weighted by Crippen LogP contribution is 2.33. The van der Waals surface area contributed by atoms with Crippen LogP contribution in [0.2, 0.25) is 0 Å². The van der Waals surface area contributed by atoms with E-state index in [1.165, 1.54) is 28.8 Å². The Morgan fingerprint density at radius 1 is 0.842 bits per heavy atom. The first kappa shape index (κ1) is 11.7. The monoisotopic (exact) mass is 251 g/mol. The Morgan fingerprint density at radius 3 is 2.21 bits per heavy atom. The molecule has 1 aromatic heterocycles. The number of aromatic nitrogens is 1. The first-order valence-corrected chi connectivity index (χ1v) is 6.25. The van der Waals surface area contributed by atoms with Crippen LogP contribution in [0.1, 0.15) is 5.56 Å². The van der Waals surface area contributed by atoms with Crippen molar-refractivity contribution in [2.24, 2.45) is 0 Å². The third-order valence-corrected chi connectivity index (χ3v) is 3.27. The molecule has 1 N–H and O–H groups in total. The lowest BCUT2D eigenvalue weighted by Crippen LogP contribution is -1.84. The van der Waals surface area contributed by atoms with E-state index in [1.54, 1.807) is 12.1 Å². The molecule has 2 heteroatoms. The van der Waals surface area contributed by atoms with Crippen LogP contribution in [0.25, 0.3) is 22.4 Å². The first-order valence-electron chi connectivity index (χ1n) is 6.25. The van der Waals surface area contributed by atoms with Gasteiger partial charge in [-0.1, -0.05) is 30.3 Å². The molecule has 1 nitrogen and oxygen atoms in total. The van der Waals surface area contributed by atoms with Crippen molar-refractivity contribution in [3.05, 3.63) is 72.2 Å². The van der Waals surface area contributed by atoms with Gasteiger partial charge in [0.1, 0.15) is 5.82 Å². The molecule has 19 heavy (non-hydrogen) atoms. The van der Waals surface area contributed by atoms with Crippen LogP contribution >= 0.6 is 0 Å². The van der Waals surface area contributed by atoms with E-state index in [0.29, 0.717) is 0 Å². The number of benzene rings is 2. The molecule has 0 spiro atoms. The summed E-state index contributed by atoms with van der Waals surface area (Å²) in [6, 6.07) is 16.8. The largest absolute Gasteiger partial charge is 0.360 e. The summed E-state index contributed by atoms with van der Waals surface area (Å²) in [5.74, 6) is -0.215. The maximum absolute atomic E-state index is 13.0. The fourth-order valence-electron chi connectivity index (χ4n) is 2.34. The van der Waals surface area contributed by atoms with Crippen LogP contribution in [-0.4, -0.2) is 4.98 Å². The van der Waals surface area contributed by atoms with E-state index < -0.39 is 0 Å². The maximum atomic E-state index is 13.0. The van der Waals surface area contributed by atoms with Crippen molar-refractivity contribution in [2.45, 2.75) is 6.92 Å². The van der Waals surface area contributed by atoms with Gasteiger partial charge in [-0.15, -0.1) is 0 Å². The summed E-state index contributed by atoms with van der Waals surface area (Å²) in [6.07, 6.45) is 1.99. The minimum Gasteiger partial charge on any atom is -0.360 e. The van der Waals surface area contributed by atoms with Crippen molar-refractivity contribution >= 4 is 0 Å². The molecule has 0 fully saturated rings. The number of hydrogen-bond donors (Lipinski definition) is 1. The fraction of sp³-hybridized carbons (Fsp3) is 0.0588. The highest BCUT2D eigenvalue weighted by molar-refractivity contribution is 5.83. The normalized spacial score (nSPS) is 10.6. The van der Waals surface area contributed by atoms with Crippen LogP contribution in [0, 0.1) is 12.7 Å². The Kier molecular flexibility index (Phi) is 2.92. The Morgan fingerprint density at radius 2 is 1.53 bits per heavy atom. The first-order chi connectivity index (χ1) is 9.25. The summed E-state index contributed by atoms with van der Waals surface area (Å²) in [7, 11) is 0. The summed E-state index contributed by atoms with van der Waals surface area (Å²) in [5, 5.41) is 0. The van der Waals surface area contributed by atoms with Gasteiger partial charge >= 0.3 is 0 Å². The van der Waals surface area contributed by atoms with Gasteiger partial charge in [0.2, 0.25) is 0 Å². The zero-order valence-corrected chi connectivity index (χ0v) is 10.7. The average molecular weight is 251 g/mol. The van der Waals surface area contributed by atoms with E-state index in [0.717, 1.165) is 11.3 Å². The van der Waals surface area contributed by atoms with Crippen molar-refractivity contribution in [2.75, 3.05) is 0 Å². The maximum Gasteiger partial charge on any atom is 0.123 e. The minimum atomic E-state index is -0.215. The molecule has 2 aromatic carbocycles. The van der Waals surface area contributed by atoms with Gasteiger partial charge in [-0.3, -0.25) is 0 Å². The Hall–Kier alpha value is -2.35. The van der Waals surface area contributed by atoms with Crippen LogP contribution in [-0.2, 0) is 0 Å². The molecular formula is C17H14FN. The van der Waals surface area contributed by atoms with Crippen LogP contribution < -0.4 is 0 Å². The van der Waals surface area contributed by atoms with Crippen LogP contribution in [0.4, 0.5) is 4.39 Å². The van der Waals surface area contributed by atoms with E-state index in [4.69, 9.17) is 0 Å². The molecule has 0 bridgehead atoms. The van der Waals surface area contributed by atoms with Crippen LogP contribution in [0.5, 0.6) is 0 Å². The molecule has 0 aliphatic carbocycles. The predicted molar refractivity (Wildman–Crippen MR) is 76.4 cm³/mol. The topological polar surface area (TPSA) is 15.8 Å². The molecular weight excluding hydrogens is 237 g/mol. The summed E-state index contributed by atoms with van der Waals surface area (Å²) in [5.41, 5.74) is 5.55. The number of aryl methyl sites for hydroxylation is 1. The standard InChI is InChI=1S/C17H14FN/c1-12-11-19-17(14-7-9-15(18)10-8-14)16(12)13-5-3-2-4-6-13/h2-11,19H,1H3. The second kappa shape index (κ2) is 4.73. The number of rotatable bonds is 2. The highest BCUT2D eigenvalue weighted by atomic mass is 19.1. The fourth-order valence-corrected chi connectivity index (χ4v) is 2.34. The van der Waals surface area contributed by atoms with Crippen molar-refractivity contribution in [1.82, 2.24) is 4.98 Å². The molecule has 0 saturated carbocycles. The third kappa shape index (κ3) is 2.17. The molecule has 94 valence electrons. The molecule has 0 aliphatic rings. The second-order valence-electron chi connectivity index (χ2n) is 4.59. The van der Waals surface area contributed by atoms with E-state index in [9.17, 15) is 4.39 Å². The van der Waals surface area contributed by atoms with Gasteiger partial charge in [0.15, 0.2) is 0 Å². The quantitative estimate of drug-likeness (QED) is 0.673. The van der Waals surface area contributed by atoms with Crippen molar-refractivity contribution in [3.63, 3.8) is 0 Å². The van der Waals surface area contributed by atoms with Gasteiger partial charge in [-0.25, -0.2) is 4.39 Å². The second-order valence-corrected chi connectivity index (χ2v) is 4.59. The number of halogens is 1. The summed E-state index contributed by atoms with van der Waals surface area (Å²) < 4.78 is 13.0. The lowest BCUT2D eigenvalue weighted by Gasteiger charge is -2.06. The average Bonchev–Trinajstić information content (AvgIpc) is 2.82. The van der Waals surface area contributed by atoms with Gasteiger partial charge in [0.25, 0.3) is 0 Å². The number of hydrogen-bond acceptors (Lipinski definition) is 0. The molecule has 3 rings (SSSR count). The smallest absolute Gasteiger partial charge is 0.123 e. The van der Waals surface area contributed by atoms with Crippen molar-refractivity contribution in [3.8, 4) is 22.4 Å². The number of aromatic amines is 1. The van der Waals surface area contributed by atoms with Gasteiger partial charge < -0.3 is 4.98 Å². The van der Waals surface area contributed by atoms with Gasteiger partial charge in [0, 0.05) is 11.8 Å². The van der Waals surface area contributed by atoms with Gasteiger partial charge in [-0.05, 0) is 47.9 Å². The Bertz CT molecular complexity index is 681. The minimum absolute atomic E-state index is 0.215. The molecule has 3 aromatic rings. The highest BCUT2D eigenvalue weighted by Gasteiger charge is 2.11. The van der Waals surface area contributed by atoms with E-state index in [1.807, 2.05) is 24.4 Å². The van der Waals surface area contributed by atoms with Crippen LogP contribution in [0.15, 0.2) is 60.8 Å². The zero-order chi connectivity index (χ0) is 13.2. The van der Waals surface area contributed by atoms with E-state index >= 15 is 0 Å². The summed E-state index contributed by atoms with van der Waals surface area (Å²) >= 11 is 0. The number of H-pyrrole nitrogens is 1. The summed E-state index contributed by atoms with van der Waals surface area (Å²) in [4.78, 5) is 3.29. The summed E-state index contributed by atoms with van der Waals surface area (Å²) in [6.45, 7) is 2.08. The number of nitrogens with one attached hydrogen (secondary N) is 1. The van der Waals surface area contributed by atoms with E-state index in [2.05, 4.69) is 24.0 Å². The predicted octanol–water partition coefficient (Wildman–Crippen LogP) is 4.80. The molecule has 1 heterocycles. The van der Waals surface area contributed by atoms with Gasteiger partial charge in [-0.2, -0.15) is 0 Å². The van der Waals surface area contributed by atoms with Gasteiger partial charge in [0.05, 0.1) is 5.69 Å². The Labute approximate surface area is 111 Å². The van der Waals surface area contributed by atoms with Crippen molar-refractivity contribution < 1.29 is 4.39 Å². The lowest BCUT2D eigenvalue weighted by molar-refractivity contribution is 0.628. The molecule has 0 amide bonds. The molecule has 0 unspecified atom stereocenters. The third-order valence-electron chi connectivity index (χ3n) is 3.27. The molecule has 0 saturated heterocycles. The lowest BCUT2D eigenvalue weighted by atomic mass is 9.98. The van der Waals surface area contributed by atoms with Crippen molar-refractivity contribution in [1.29, 1.82) is 0 Å². The molecule has 0 aliphatic heterocycles. The SMILES string of the molecule is Cc1c[nH]c(-c2ccc(F)cc2)c1-c1ccccc1.